The van der Waals surface area contributed by atoms with E-state index in [1.54, 1.807) is 0 Å². The molecule has 1 atom stereocenters. The van der Waals surface area contributed by atoms with Gasteiger partial charge in [0.25, 0.3) is 0 Å². The molecule has 0 saturated heterocycles. The number of hydrogen-bond donors (Lipinski definition) is 2. The van der Waals surface area contributed by atoms with E-state index in [0.717, 1.165) is 19.5 Å². The van der Waals surface area contributed by atoms with Crippen molar-refractivity contribution in [2.75, 3.05) is 6.54 Å². The van der Waals surface area contributed by atoms with E-state index in [-0.39, 0.29) is 11.9 Å². The lowest BCUT2D eigenvalue weighted by molar-refractivity contribution is -0.122. The van der Waals surface area contributed by atoms with Crippen molar-refractivity contribution in [2.24, 2.45) is 5.84 Å². The maximum Gasteiger partial charge on any atom is 0.235 e. The Balaban J connectivity index is 1.95. The van der Waals surface area contributed by atoms with Gasteiger partial charge in [0.15, 0.2) is 0 Å². The summed E-state index contributed by atoms with van der Waals surface area (Å²) in [7, 11) is 0. The van der Waals surface area contributed by atoms with Gasteiger partial charge in [-0.05, 0) is 30.4 Å². The van der Waals surface area contributed by atoms with Gasteiger partial charge in [-0.25, -0.2) is 5.84 Å². The van der Waals surface area contributed by atoms with Crippen LogP contribution in [-0.2, 0) is 17.8 Å². The standard InChI is InChI=1S/C11H17N3OS/c1-8(6-11(15)13-12)14-4-2-10-9(7-14)3-5-16-10/h3,5,8H,2,4,6-7,12H2,1H3,(H,13,15). The van der Waals surface area contributed by atoms with Crippen LogP contribution in [0.15, 0.2) is 11.4 Å². The summed E-state index contributed by atoms with van der Waals surface area (Å²) in [4.78, 5) is 15.0. The zero-order valence-electron chi connectivity index (χ0n) is 9.40. The van der Waals surface area contributed by atoms with E-state index in [2.05, 4.69) is 28.7 Å². The van der Waals surface area contributed by atoms with Crippen LogP contribution in [-0.4, -0.2) is 23.4 Å². The first-order chi connectivity index (χ1) is 7.70. The van der Waals surface area contributed by atoms with Crippen molar-refractivity contribution in [3.05, 3.63) is 21.9 Å². The molecule has 2 heterocycles. The third-order valence-corrected chi connectivity index (χ3v) is 4.13. The van der Waals surface area contributed by atoms with Crippen LogP contribution in [0.3, 0.4) is 0 Å². The van der Waals surface area contributed by atoms with E-state index in [0.29, 0.717) is 6.42 Å². The monoisotopic (exact) mass is 239 g/mol. The Labute approximate surface area is 99.4 Å². The summed E-state index contributed by atoms with van der Waals surface area (Å²) in [5.74, 6) is 5.00. The van der Waals surface area contributed by atoms with E-state index in [4.69, 9.17) is 5.84 Å². The summed E-state index contributed by atoms with van der Waals surface area (Å²) in [6.45, 7) is 4.07. The molecule has 1 unspecified atom stereocenters. The highest BCUT2D eigenvalue weighted by Crippen LogP contribution is 2.25. The van der Waals surface area contributed by atoms with Crippen molar-refractivity contribution in [1.29, 1.82) is 0 Å². The van der Waals surface area contributed by atoms with Crippen LogP contribution in [0.4, 0.5) is 0 Å². The maximum atomic E-state index is 11.2. The Hall–Kier alpha value is -0.910. The lowest BCUT2D eigenvalue weighted by Gasteiger charge is -2.31. The van der Waals surface area contributed by atoms with E-state index >= 15 is 0 Å². The smallest absolute Gasteiger partial charge is 0.235 e. The number of rotatable bonds is 3. The summed E-state index contributed by atoms with van der Waals surface area (Å²) in [6.07, 6.45) is 1.57. The average molecular weight is 239 g/mol. The Bertz CT molecular complexity index is 377. The molecular formula is C11H17N3OS. The number of fused-ring (bicyclic) bond motifs is 1. The van der Waals surface area contributed by atoms with Crippen molar-refractivity contribution in [3.63, 3.8) is 0 Å². The number of carbonyl (C=O) groups is 1. The fourth-order valence-corrected chi connectivity index (χ4v) is 2.99. The Kier molecular flexibility index (Phi) is 3.58. The van der Waals surface area contributed by atoms with E-state index in [1.807, 2.05) is 11.3 Å². The molecule has 0 aliphatic carbocycles. The molecule has 0 saturated carbocycles. The third-order valence-electron chi connectivity index (χ3n) is 3.10. The second-order valence-electron chi connectivity index (χ2n) is 4.21. The van der Waals surface area contributed by atoms with Crippen molar-refractivity contribution in [2.45, 2.75) is 32.4 Å². The zero-order valence-corrected chi connectivity index (χ0v) is 10.2. The highest BCUT2D eigenvalue weighted by atomic mass is 32.1. The van der Waals surface area contributed by atoms with E-state index in [9.17, 15) is 4.79 Å². The average Bonchev–Trinajstić information content (AvgIpc) is 2.75. The third kappa shape index (κ3) is 2.42. The molecule has 0 fully saturated rings. The van der Waals surface area contributed by atoms with Gasteiger partial charge in [0.2, 0.25) is 5.91 Å². The molecular weight excluding hydrogens is 222 g/mol. The van der Waals surface area contributed by atoms with Gasteiger partial charge < -0.3 is 0 Å². The van der Waals surface area contributed by atoms with Crippen LogP contribution in [0, 0.1) is 0 Å². The molecule has 0 bridgehead atoms. The van der Waals surface area contributed by atoms with Crippen LogP contribution in [0.5, 0.6) is 0 Å². The molecule has 0 radical (unpaired) electrons. The number of nitrogens with zero attached hydrogens (tertiary/aromatic N) is 1. The summed E-state index contributed by atoms with van der Waals surface area (Å²) >= 11 is 1.83. The number of amides is 1. The first-order valence-corrected chi connectivity index (χ1v) is 6.37. The SMILES string of the molecule is CC(CC(=O)NN)N1CCc2sccc2C1. The van der Waals surface area contributed by atoms with Gasteiger partial charge in [-0.1, -0.05) is 0 Å². The zero-order chi connectivity index (χ0) is 11.5. The Morgan fingerprint density at radius 2 is 2.56 bits per heavy atom. The molecule has 2 rings (SSSR count). The highest BCUT2D eigenvalue weighted by Gasteiger charge is 2.22. The quantitative estimate of drug-likeness (QED) is 0.467. The van der Waals surface area contributed by atoms with Gasteiger partial charge in [-0.2, -0.15) is 0 Å². The molecule has 3 N–H and O–H groups in total. The molecule has 1 aromatic rings. The minimum atomic E-state index is -0.0939. The molecule has 4 nitrogen and oxygen atoms in total. The summed E-state index contributed by atoms with van der Waals surface area (Å²) < 4.78 is 0. The molecule has 1 amide bonds. The fourth-order valence-electron chi connectivity index (χ4n) is 2.10. The molecule has 88 valence electrons. The molecule has 16 heavy (non-hydrogen) atoms. The number of thiophene rings is 1. The number of hydrazine groups is 1. The van der Waals surface area contributed by atoms with Crippen LogP contribution in [0.25, 0.3) is 0 Å². The second kappa shape index (κ2) is 4.95. The normalized spacial score (nSPS) is 17.9. The van der Waals surface area contributed by atoms with Crippen molar-refractivity contribution in [1.82, 2.24) is 10.3 Å². The van der Waals surface area contributed by atoms with Crippen LogP contribution < -0.4 is 11.3 Å². The minimum absolute atomic E-state index is 0.0939. The Morgan fingerprint density at radius 1 is 1.75 bits per heavy atom. The van der Waals surface area contributed by atoms with Gasteiger partial charge >= 0.3 is 0 Å². The first kappa shape index (κ1) is 11.6. The molecule has 0 spiro atoms. The van der Waals surface area contributed by atoms with Crippen LogP contribution in [0.1, 0.15) is 23.8 Å². The number of nitrogens with one attached hydrogen (secondary N) is 1. The largest absolute Gasteiger partial charge is 0.295 e. The summed E-state index contributed by atoms with van der Waals surface area (Å²) in [5.41, 5.74) is 3.60. The van der Waals surface area contributed by atoms with E-state index in [1.165, 1.54) is 10.4 Å². The van der Waals surface area contributed by atoms with Crippen molar-refractivity contribution < 1.29 is 4.79 Å². The fraction of sp³-hybridized carbons (Fsp3) is 0.545. The van der Waals surface area contributed by atoms with E-state index < -0.39 is 0 Å². The summed E-state index contributed by atoms with van der Waals surface area (Å²) in [5, 5.41) is 2.14. The topological polar surface area (TPSA) is 58.4 Å². The van der Waals surface area contributed by atoms with Gasteiger partial charge in [0, 0.05) is 30.4 Å². The Morgan fingerprint density at radius 3 is 3.31 bits per heavy atom. The van der Waals surface area contributed by atoms with Gasteiger partial charge in [-0.3, -0.25) is 15.1 Å². The summed E-state index contributed by atoms with van der Waals surface area (Å²) in [6, 6.07) is 2.43. The number of carbonyl (C=O) groups excluding carboxylic acids is 1. The predicted molar refractivity (Wildman–Crippen MR) is 64.8 cm³/mol. The van der Waals surface area contributed by atoms with Crippen molar-refractivity contribution >= 4 is 17.2 Å². The molecule has 1 aromatic heterocycles. The van der Waals surface area contributed by atoms with Gasteiger partial charge in [-0.15, -0.1) is 11.3 Å². The maximum absolute atomic E-state index is 11.2. The number of nitrogens with two attached hydrogens (primary N) is 1. The van der Waals surface area contributed by atoms with Gasteiger partial charge in [0.05, 0.1) is 0 Å². The molecule has 5 heteroatoms. The lowest BCUT2D eigenvalue weighted by Crippen LogP contribution is -2.41. The lowest BCUT2D eigenvalue weighted by atomic mass is 10.1. The minimum Gasteiger partial charge on any atom is -0.295 e. The number of hydrogen-bond acceptors (Lipinski definition) is 4. The second-order valence-corrected chi connectivity index (χ2v) is 5.21. The molecule has 1 aliphatic rings. The first-order valence-electron chi connectivity index (χ1n) is 5.49. The van der Waals surface area contributed by atoms with Crippen LogP contribution >= 0.6 is 11.3 Å². The van der Waals surface area contributed by atoms with Crippen molar-refractivity contribution in [3.8, 4) is 0 Å². The van der Waals surface area contributed by atoms with Crippen LogP contribution in [0.2, 0.25) is 0 Å². The predicted octanol–water partition coefficient (Wildman–Crippen LogP) is 0.875. The molecule has 0 aromatic carbocycles. The highest BCUT2D eigenvalue weighted by molar-refractivity contribution is 7.10. The van der Waals surface area contributed by atoms with Gasteiger partial charge in [0.1, 0.15) is 0 Å². The molecule has 1 aliphatic heterocycles.